The second kappa shape index (κ2) is 4.42. The molecule has 3 rings (SSSR count). The van der Waals surface area contributed by atoms with Gasteiger partial charge < -0.3 is 0 Å². The first-order valence-electron chi connectivity index (χ1n) is 6.35. The summed E-state index contributed by atoms with van der Waals surface area (Å²) in [6.45, 7) is 6.68. The lowest BCUT2D eigenvalue weighted by Gasteiger charge is -2.19. The number of nitrogens with zero attached hydrogens (tertiary/aromatic N) is 2. The van der Waals surface area contributed by atoms with E-state index in [0.29, 0.717) is 0 Å². The molecule has 1 aromatic carbocycles. The van der Waals surface area contributed by atoms with Crippen molar-refractivity contribution in [2.75, 3.05) is 0 Å². The average Bonchev–Trinajstić information content (AvgIpc) is 2.86. The van der Waals surface area contributed by atoms with Crippen molar-refractivity contribution in [1.29, 1.82) is 0 Å². The summed E-state index contributed by atoms with van der Waals surface area (Å²) >= 11 is 1.69. The molecule has 2 nitrogen and oxygen atoms in total. The number of benzene rings is 1. The summed E-state index contributed by atoms with van der Waals surface area (Å²) in [7, 11) is 0. The van der Waals surface area contributed by atoms with Crippen LogP contribution in [-0.4, -0.2) is 9.97 Å². The molecule has 2 aromatic heterocycles. The van der Waals surface area contributed by atoms with Gasteiger partial charge in [0.05, 0.1) is 15.9 Å². The Hall–Kier alpha value is -1.74. The Balaban J connectivity index is 2.10. The molecule has 0 N–H and O–H groups in total. The van der Waals surface area contributed by atoms with Crippen molar-refractivity contribution in [1.82, 2.24) is 9.97 Å². The number of hydrogen-bond donors (Lipinski definition) is 0. The highest BCUT2D eigenvalue weighted by atomic mass is 32.1. The minimum absolute atomic E-state index is 0.183. The van der Waals surface area contributed by atoms with Crippen LogP contribution in [-0.2, 0) is 5.41 Å². The molecule has 0 saturated carbocycles. The van der Waals surface area contributed by atoms with Crippen molar-refractivity contribution in [3.8, 4) is 11.3 Å². The zero-order valence-corrected chi connectivity index (χ0v) is 12.2. The van der Waals surface area contributed by atoms with E-state index < -0.39 is 0 Å². The van der Waals surface area contributed by atoms with E-state index in [-0.39, 0.29) is 5.41 Å². The molecule has 0 unspecified atom stereocenters. The van der Waals surface area contributed by atoms with E-state index in [4.69, 9.17) is 0 Å². The van der Waals surface area contributed by atoms with Gasteiger partial charge in [0.2, 0.25) is 0 Å². The van der Waals surface area contributed by atoms with Crippen LogP contribution in [0, 0.1) is 0 Å². The van der Waals surface area contributed by atoms with Crippen molar-refractivity contribution in [3.63, 3.8) is 0 Å². The summed E-state index contributed by atoms with van der Waals surface area (Å²) in [6.07, 6.45) is 1.64. The van der Waals surface area contributed by atoms with E-state index in [9.17, 15) is 0 Å². The van der Waals surface area contributed by atoms with Crippen LogP contribution in [0.25, 0.3) is 21.5 Å². The number of hydrogen-bond acceptors (Lipinski definition) is 3. The molecule has 0 atom stereocenters. The summed E-state index contributed by atoms with van der Waals surface area (Å²) < 4.78 is 1.16. The first-order chi connectivity index (χ1) is 9.05. The van der Waals surface area contributed by atoms with Gasteiger partial charge in [-0.15, -0.1) is 11.3 Å². The van der Waals surface area contributed by atoms with Crippen LogP contribution in [0.15, 0.2) is 42.0 Å². The standard InChI is InChI=1S/C16H16N2S/c1-16(2,3)12-6-4-11(5-7-12)14-15-13(8-9-19-15)17-10-18-14/h4-10H,1-3H3. The quantitative estimate of drug-likeness (QED) is 0.641. The highest BCUT2D eigenvalue weighted by Crippen LogP contribution is 2.31. The topological polar surface area (TPSA) is 25.8 Å². The minimum atomic E-state index is 0.183. The van der Waals surface area contributed by atoms with Crippen molar-refractivity contribution >= 4 is 21.6 Å². The smallest absolute Gasteiger partial charge is 0.116 e. The van der Waals surface area contributed by atoms with Crippen LogP contribution in [0.5, 0.6) is 0 Å². The maximum Gasteiger partial charge on any atom is 0.116 e. The molecule has 0 aliphatic rings. The predicted molar refractivity (Wildman–Crippen MR) is 81.6 cm³/mol. The van der Waals surface area contributed by atoms with Gasteiger partial charge in [-0.05, 0) is 22.4 Å². The fraction of sp³-hybridized carbons (Fsp3) is 0.250. The highest BCUT2D eigenvalue weighted by molar-refractivity contribution is 7.17. The second-order valence-electron chi connectivity index (χ2n) is 5.68. The normalized spacial score (nSPS) is 11.9. The van der Waals surface area contributed by atoms with Crippen molar-refractivity contribution in [3.05, 3.63) is 47.6 Å². The number of rotatable bonds is 1. The zero-order chi connectivity index (χ0) is 13.5. The molecule has 0 fully saturated rings. The van der Waals surface area contributed by atoms with E-state index >= 15 is 0 Å². The van der Waals surface area contributed by atoms with Gasteiger partial charge in [0.1, 0.15) is 6.33 Å². The largest absolute Gasteiger partial charge is 0.235 e. The van der Waals surface area contributed by atoms with E-state index in [1.165, 1.54) is 5.56 Å². The molecule has 3 aromatic rings. The molecule has 3 heteroatoms. The lowest BCUT2D eigenvalue weighted by Crippen LogP contribution is -2.10. The number of aromatic nitrogens is 2. The van der Waals surface area contributed by atoms with Crippen LogP contribution in [0.1, 0.15) is 26.3 Å². The number of thiophene rings is 1. The second-order valence-corrected chi connectivity index (χ2v) is 6.60. The molecule has 0 bridgehead atoms. The maximum absolute atomic E-state index is 4.44. The Labute approximate surface area is 117 Å². The summed E-state index contributed by atoms with van der Waals surface area (Å²) in [5.41, 5.74) is 4.73. The Morgan fingerprint density at radius 3 is 2.37 bits per heavy atom. The molecule has 19 heavy (non-hydrogen) atoms. The van der Waals surface area contributed by atoms with E-state index in [0.717, 1.165) is 21.5 Å². The highest BCUT2D eigenvalue weighted by Gasteiger charge is 2.14. The van der Waals surface area contributed by atoms with Crippen molar-refractivity contribution < 1.29 is 0 Å². The monoisotopic (exact) mass is 268 g/mol. The average molecular weight is 268 g/mol. The third-order valence-corrected chi connectivity index (χ3v) is 4.18. The molecular weight excluding hydrogens is 252 g/mol. The molecule has 96 valence electrons. The lowest BCUT2D eigenvalue weighted by atomic mass is 9.86. The van der Waals surface area contributed by atoms with Crippen molar-refractivity contribution in [2.24, 2.45) is 0 Å². The molecule has 0 amide bonds. The van der Waals surface area contributed by atoms with Crippen LogP contribution in [0.4, 0.5) is 0 Å². The van der Waals surface area contributed by atoms with Gasteiger partial charge in [-0.1, -0.05) is 45.0 Å². The summed E-state index contributed by atoms with van der Waals surface area (Å²) in [5, 5.41) is 2.06. The molecular formula is C16H16N2S. The first kappa shape index (κ1) is 12.3. The Kier molecular flexibility index (Phi) is 2.86. The Morgan fingerprint density at radius 2 is 1.68 bits per heavy atom. The predicted octanol–water partition coefficient (Wildman–Crippen LogP) is 4.66. The first-order valence-corrected chi connectivity index (χ1v) is 7.23. The third-order valence-electron chi connectivity index (χ3n) is 3.27. The Bertz CT molecular complexity index is 705. The van der Waals surface area contributed by atoms with Crippen LogP contribution in [0.2, 0.25) is 0 Å². The van der Waals surface area contributed by atoms with Gasteiger partial charge in [0, 0.05) is 5.56 Å². The van der Waals surface area contributed by atoms with Crippen LogP contribution in [0.3, 0.4) is 0 Å². The van der Waals surface area contributed by atoms with Gasteiger partial charge in [-0.2, -0.15) is 0 Å². The molecule has 0 aliphatic carbocycles. The van der Waals surface area contributed by atoms with Gasteiger partial charge in [-0.3, -0.25) is 0 Å². The Morgan fingerprint density at radius 1 is 0.947 bits per heavy atom. The van der Waals surface area contributed by atoms with Crippen molar-refractivity contribution in [2.45, 2.75) is 26.2 Å². The summed E-state index contributed by atoms with van der Waals surface area (Å²) in [6, 6.07) is 10.7. The van der Waals surface area contributed by atoms with Gasteiger partial charge in [0.15, 0.2) is 0 Å². The fourth-order valence-electron chi connectivity index (χ4n) is 2.12. The van der Waals surface area contributed by atoms with E-state index in [1.54, 1.807) is 17.7 Å². The molecule has 2 heterocycles. The zero-order valence-electron chi connectivity index (χ0n) is 11.3. The fourth-order valence-corrected chi connectivity index (χ4v) is 2.98. The van der Waals surface area contributed by atoms with Gasteiger partial charge in [0.25, 0.3) is 0 Å². The maximum atomic E-state index is 4.44. The van der Waals surface area contributed by atoms with Crippen LogP contribution >= 0.6 is 11.3 Å². The van der Waals surface area contributed by atoms with E-state index in [2.05, 4.69) is 60.4 Å². The van der Waals surface area contributed by atoms with E-state index in [1.807, 2.05) is 6.07 Å². The number of fused-ring (bicyclic) bond motifs is 1. The summed E-state index contributed by atoms with van der Waals surface area (Å²) in [5.74, 6) is 0. The van der Waals surface area contributed by atoms with Crippen LogP contribution < -0.4 is 0 Å². The molecule has 0 aliphatic heterocycles. The molecule has 0 saturated heterocycles. The summed E-state index contributed by atoms with van der Waals surface area (Å²) in [4.78, 5) is 8.72. The SMILES string of the molecule is CC(C)(C)c1ccc(-c2ncnc3ccsc23)cc1. The molecule has 0 spiro atoms. The lowest BCUT2D eigenvalue weighted by molar-refractivity contribution is 0.590. The van der Waals surface area contributed by atoms with Gasteiger partial charge in [-0.25, -0.2) is 9.97 Å². The van der Waals surface area contributed by atoms with Gasteiger partial charge >= 0.3 is 0 Å². The minimum Gasteiger partial charge on any atom is -0.235 e. The molecule has 0 radical (unpaired) electrons. The third kappa shape index (κ3) is 2.26.